The fraction of sp³-hybridized carbons (Fsp3) is 0.0870. The second-order valence-electron chi connectivity index (χ2n) is 6.47. The maximum Gasteiger partial charge on any atom is 0.257 e. The summed E-state index contributed by atoms with van der Waals surface area (Å²) in [5, 5.41) is 6.82. The van der Waals surface area contributed by atoms with E-state index in [0.717, 1.165) is 16.7 Å². The van der Waals surface area contributed by atoms with Crippen LogP contribution in [-0.4, -0.2) is 16.0 Å². The second-order valence-corrected chi connectivity index (χ2v) is 6.47. The number of hydrogen-bond donors (Lipinski definition) is 1. The summed E-state index contributed by atoms with van der Waals surface area (Å²) in [6, 6.07) is 26.9. The van der Waals surface area contributed by atoms with Gasteiger partial charge >= 0.3 is 0 Å². The van der Waals surface area contributed by atoms with E-state index in [1.165, 1.54) is 0 Å². The molecule has 0 aliphatic heterocycles. The largest absolute Gasteiger partial charge is 0.334 e. The molecule has 1 amide bonds. The Labute approximate surface area is 163 Å². The van der Waals surface area contributed by atoms with Crippen molar-refractivity contribution in [2.45, 2.75) is 12.8 Å². The molecule has 0 aliphatic carbocycles. The highest BCUT2D eigenvalue weighted by Gasteiger charge is 2.22. The van der Waals surface area contributed by atoms with Crippen LogP contribution in [0.15, 0.2) is 89.5 Å². The number of aromatic nitrogens is 2. The number of hydrogen-bond acceptors (Lipinski definition) is 4. The van der Waals surface area contributed by atoms with Crippen molar-refractivity contribution in [2.24, 2.45) is 0 Å². The predicted octanol–water partition coefficient (Wildman–Crippen LogP) is 4.82. The van der Waals surface area contributed by atoms with Crippen molar-refractivity contribution in [1.82, 2.24) is 10.1 Å². The Morgan fingerprint density at radius 3 is 1.93 bits per heavy atom. The monoisotopic (exact) mass is 369 g/mol. The SMILES string of the molecule is Cc1noc(-c2ccc(NC(=O)C(c3ccccc3)c3ccccc3)cc2)n1. The van der Waals surface area contributed by atoms with E-state index in [2.05, 4.69) is 15.5 Å². The Bertz CT molecular complexity index is 1020. The molecule has 0 saturated heterocycles. The lowest BCUT2D eigenvalue weighted by molar-refractivity contribution is -0.116. The lowest BCUT2D eigenvalue weighted by Gasteiger charge is -2.18. The van der Waals surface area contributed by atoms with E-state index in [0.29, 0.717) is 17.4 Å². The minimum Gasteiger partial charge on any atom is -0.334 e. The number of carbonyl (C=O) groups is 1. The standard InChI is InChI=1S/C23H19N3O2/c1-16-24-23(28-26-16)19-12-14-20(15-13-19)25-22(27)21(17-8-4-2-5-9-17)18-10-6-3-7-11-18/h2-15,21H,1H3,(H,25,27). The summed E-state index contributed by atoms with van der Waals surface area (Å²) in [6.07, 6.45) is 0. The summed E-state index contributed by atoms with van der Waals surface area (Å²) < 4.78 is 5.18. The Kier molecular flexibility index (Phi) is 4.97. The van der Waals surface area contributed by atoms with E-state index in [4.69, 9.17) is 4.52 Å². The van der Waals surface area contributed by atoms with E-state index in [9.17, 15) is 4.79 Å². The Morgan fingerprint density at radius 1 is 0.857 bits per heavy atom. The fourth-order valence-corrected chi connectivity index (χ4v) is 3.11. The van der Waals surface area contributed by atoms with Crippen LogP contribution in [0.3, 0.4) is 0 Å². The summed E-state index contributed by atoms with van der Waals surface area (Å²) in [7, 11) is 0. The smallest absolute Gasteiger partial charge is 0.257 e. The van der Waals surface area contributed by atoms with Crippen LogP contribution in [0.25, 0.3) is 11.5 Å². The Morgan fingerprint density at radius 2 is 1.43 bits per heavy atom. The molecule has 0 radical (unpaired) electrons. The van der Waals surface area contributed by atoms with Gasteiger partial charge in [-0.2, -0.15) is 4.98 Å². The summed E-state index contributed by atoms with van der Waals surface area (Å²) >= 11 is 0. The van der Waals surface area contributed by atoms with Crippen molar-refractivity contribution in [3.63, 3.8) is 0 Å². The number of amides is 1. The van der Waals surface area contributed by atoms with E-state index in [-0.39, 0.29) is 11.8 Å². The minimum atomic E-state index is -0.388. The third-order valence-electron chi connectivity index (χ3n) is 4.45. The van der Waals surface area contributed by atoms with Crippen LogP contribution in [0.5, 0.6) is 0 Å². The zero-order valence-electron chi connectivity index (χ0n) is 15.4. The van der Waals surface area contributed by atoms with Gasteiger partial charge in [0.05, 0.1) is 5.92 Å². The molecule has 0 spiro atoms. The van der Waals surface area contributed by atoms with E-state index < -0.39 is 0 Å². The number of aryl methyl sites for hydroxylation is 1. The van der Waals surface area contributed by atoms with Crippen LogP contribution in [0.4, 0.5) is 5.69 Å². The summed E-state index contributed by atoms with van der Waals surface area (Å²) in [5.74, 6) is 0.571. The average molecular weight is 369 g/mol. The molecule has 3 aromatic carbocycles. The number of nitrogens with one attached hydrogen (secondary N) is 1. The molecule has 0 atom stereocenters. The molecule has 5 heteroatoms. The lowest BCUT2D eigenvalue weighted by atomic mass is 9.90. The molecule has 4 rings (SSSR count). The molecule has 0 aliphatic rings. The molecule has 4 aromatic rings. The molecule has 1 aromatic heterocycles. The zero-order chi connectivity index (χ0) is 19.3. The van der Waals surface area contributed by atoms with Crippen LogP contribution in [0.2, 0.25) is 0 Å². The quantitative estimate of drug-likeness (QED) is 0.548. The van der Waals surface area contributed by atoms with Crippen molar-refractivity contribution >= 4 is 11.6 Å². The van der Waals surface area contributed by atoms with Crippen LogP contribution < -0.4 is 5.32 Å². The molecule has 1 heterocycles. The summed E-state index contributed by atoms with van der Waals surface area (Å²) in [4.78, 5) is 17.3. The molecule has 0 bridgehead atoms. The molecule has 28 heavy (non-hydrogen) atoms. The van der Waals surface area contributed by atoms with Gasteiger partial charge in [-0.25, -0.2) is 0 Å². The van der Waals surface area contributed by atoms with Gasteiger partial charge in [0, 0.05) is 11.3 Å². The Hall–Kier alpha value is -3.73. The van der Waals surface area contributed by atoms with Gasteiger partial charge in [-0.3, -0.25) is 4.79 Å². The fourth-order valence-electron chi connectivity index (χ4n) is 3.11. The Balaban J connectivity index is 1.58. The van der Waals surface area contributed by atoms with E-state index >= 15 is 0 Å². The molecular weight excluding hydrogens is 350 g/mol. The highest BCUT2D eigenvalue weighted by Crippen LogP contribution is 2.27. The first-order valence-electron chi connectivity index (χ1n) is 9.02. The molecular formula is C23H19N3O2. The molecule has 0 unspecified atom stereocenters. The van der Waals surface area contributed by atoms with Crippen molar-refractivity contribution in [3.05, 3.63) is 102 Å². The van der Waals surface area contributed by atoms with Crippen LogP contribution in [0.1, 0.15) is 22.9 Å². The predicted molar refractivity (Wildman–Crippen MR) is 108 cm³/mol. The van der Waals surface area contributed by atoms with Gasteiger partial charge in [0.1, 0.15) is 0 Å². The third-order valence-corrected chi connectivity index (χ3v) is 4.45. The topological polar surface area (TPSA) is 68.0 Å². The van der Waals surface area contributed by atoms with Gasteiger partial charge in [-0.1, -0.05) is 65.8 Å². The van der Waals surface area contributed by atoms with Crippen LogP contribution in [0, 0.1) is 6.92 Å². The number of anilines is 1. The highest BCUT2D eigenvalue weighted by molar-refractivity contribution is 5.98. The number of rotatable bonds is 5. The number of carbonyl (C=O) groups excluding carboxylic acids is 1. The first-order valence-corrected chi connectivity index (χ1v) is 9.02. The first-order chi connectivity index (χ1) is 13.7. The maximum absolute atomic E-state index is 13.1. The first kappa shape index (κ1) is 17.7. The van der Waals surface area contributed by atoms with Crippen molar-refractivity contribution in [2.75, 3.05) is 5.32 Å². The van der Waals surface area contributed by atoms with Crippen molar-refractivity contribution < 1.29 is 9.32 Å². The normalized spacial score (nSPS) is 10.8. The van der Waals surface area contributed by atoms with E-state index in [1.54, 1.807) is 6.92 Å². The van der Waals surface area contributed by atoms with Crippen molar-refractivity contribution in [1.29, 1.82) is 0 Å². The highest BCUT2D eigenvalue weighted by atomic mass is 16.5. The number of benzene rings is 3. The van der Waals surface area contributed by atoms with Gasteiger partial charge in [-0.15, -0.1) is 0 Å². The minimum absolute atomic E-state index is 0.0845. The molecule has 1 N–H and O–H groups in total. The molecule has 5 nitrogen and oxygen atoms in total. The van der Waals surface area contributed by atoms with Gasteiger partial charge in [-0.05, 0) is 42.3 Å². The maximum atomic E-state index is 13.1. The van der Waals surface area contributed by atoms with Gasteiger partial charge < -0.3 is 9.84 Å². The summed E-state index contributed by atoms with van der Waals surface area (Å²) in [5.41, 5.74) is 3.41. The third kappa shape index (κ3) is 3.83. The molecule has 0 saturated carbocycles. The van der Waals surface area contributed by atoms with Crippen molar-refractivity contribution in [3.8, 4) is 11.5 Å². The summed E-state index contributed by atoms with van der Waals surface area (Å²) in [6.45, 7) is 1.77. The number of nitrogens with zero attached hydrogens (tertiary/aromatic N) is 2. The van der Waals surface area contributed by atoms with Crippen LogP contribution >= 0.6 is 0 Å². The van der Waals surface area contributed by atoms with Crippen LogP contribution in [-0.2, 0) is 4.79 Å². The second kappa shape index (κ2) is 7.88. The zero-order valence-corrected chi connectivity index (χ0v) is 15.4. The molecule has 138 valence electrons. The van der Waals surface area contributed by atoms with Gasteiger partial charge in [0.15, 0.2) is 5.82 Å². The average Bonchev–Trinajstić information content (AvgIpc) is 3.17. The van der Waals surface area contributed by atoms with Gasteiger partial charge in [0.25, 0.3) is 5.89 Å². The van der Waals surface area contributed by atoms with E-state index in [1.807, 2.05) is 84.9 Å². The lowest BCUT2D eigenvalue weighted by Crippen LogP contribution is -2.22. The molecule has 0 fully saturated rings. The van der Waals surface area contributed by atoms with Gasteiger partial charge in [0.2, 0.25) is 5.91 Å².